The monoisotopic (exact) mass is 387 g/mol. The Bertz CT molecular complexity index is 1090. The fraction of sp³-hybridized carbons (Fsp3) is 0.143. The van der Waals surface area contributed by atoms with E-state index in [1.165, 1.54) is 5.19 Å². The van der Waals surface area contributed by atoms with Crippen LogP contribution in [-0.2, 0) is 0 Å². The summed E-state index contributed by atoms with van der Waals surface area (Å²) < 4.78 is 0. The van der Waals surface area contributed by atoms with Gasteiger partial charge in [0.25, 0.3) is 5.56 Å². The van der Waals surface area contributed by atoms with Crippen molar-refractivity contribution in [1.82, 2.24) is 9.97 Å². The van der Waals surface area contributed by atoms with Crippen LogP contribution in [0, 0.1) is 11.3 Å². The average molecular weight is 388 g/mol. The largest absolute Gasteiger partial charge is 0.290 e. The summed E-state index contributed by atoms with van der Waals surface area (Å²) in [4.78, 5) is 19.1. The minimum Gasteiger partial charge on any atom is -0.290 e. The summed E-state index contributed by atoms with van der Waals surface area (Å²) in [5, 5.41) is 14.8. The minimum atomic E-state index is -1.33. The summed E-state index contributed by atoms with van der Waals surface area (Å²) in [6.45, 7) is 6.90. The predicted molar refractivity (Wildman–Crippen MR) is 116 cm³/mol. The van der Waals surface area contributed by atoms with Crippen molar-refractivity contribution in [2.24, 2.45) is 5.10 Å². The van der Waals surface area contributed by atoms with Crippen molar-refractivity contribution in [2.45, 2.75) is 19.6 Å². The van der Waals surface area contributed by atoms with Crippen molar-refractivity contribution < 1.29 is 0 Å². The number of aromatic nitrogens is 2. The van der Waals surface area contributed by atoms with Gasteiger partial charge in [-0.25, -0.2) is 10.4 Å². The highest BCUT2D eigenvalue weighted by Gasteiger charge is 2.15. The fourth-order valence-electron chi connectivity index (χ4n) is 2.67. The fourth-order valence-corrected chi connectivity index (χ4v) is 3.84. The third kappa shape index (κ3) is 4.42. The third-order valence-corrected chi connectivity index (χ3v) is 6.30. The number of H-pyrrole nitrogens is 1. The van der Waals surface area contributed by atoms with Crippen LogP contribution in [0.2, 0.25) is 19.6 Å². The molecule has 3 aromatic rings. The Hall–Kier alpha value is -3.50. The molecule has 3 rings (SSSR count). The lowest BCUT2D eigenvalue weighted by atomic mass is 10.1. The molecule has 0 radical (unpaired) electrons. The van der Waals surface area contributed by atoms with E-state index in [-0.39, 0.29) is 11.5 Å². The van der Waals surface area contributed by atoms with Crippen LogP contribution in [0.3, 0.4) is 0 Å². The van der Waals surface area contributed by atoms with E-state index in [2.05, 4.69) is 52.3 Å². The van der Waals surface area contributed by atoms with Crippen LogP contribution in [0.25, 0.3) is 11.3 Å². The Morgan fingerprint density at radius 2 is 1.79 bits per heavy atom. The SMILES string of the molecule is C[Si](C)(C)c1ccc(C=NNc2nc(-c3ccccc3)c(C#N)c(=O)[nH]2)cc1. The van der Waals surface area contributed by atoms with Crippen molar-refractivity contribution in [3.63, 3.8) is 0 Å². The van der Waals surface area contributed by atoms with Gasteiger partial charge in [-0.15, -0.1) is 0 Å². The van der Waals surface area contributed by atoms with E-state index < -0.39 is 13.6 Å². The Morgan fingerprint density at radius 3 is 2.39 bits per heavy atom. The Morgan fingerprint density at radius 1 is 1.11 bits per heavy atom. The molecule has 7 heteroatoms. The summed E-state index contributed by atoms with van der Waals surface area (Å²) in [5.74, 6) is 0.179. The molecule has 0 bridgehead atoms. The van der Waals surface area contributed by atoms with Gasteiger partial charge in [-0.05, 0) is 5.56 Å². The zero-order chi connectivity index (χ0) is 20.1. The van der Waals surface area contributed by atoms with E-state index in [1.807, 2.05) is 36.4 Å². The first-order valence-corrected chi connectivity index (χ1v) is 12.4. The normalized spacial score (nSPS) is 11.4. The molecule has 0 atom stereocenters. The molecule has 2 N–H and O–H groups in total. The molecule has 0 aliphatic heterocycles. The Kier molecular flexibility index (Phi) is 5.52. The molecule has 0 unspecified atom stereocenters. The Balaban J connectivity index is 1.83. The minimum absolute atomic E-state index is 0.0253. The maximum Gasteiger partial charge on any atom is 0.270 e. The number of nitrogens with zero attached hydrogens (tertiary/aromatic N) is 3. The zero-order valence-electron chi connectivity index (χ0n) is 16.0. The molecule has 0 spiro atoms. The predicted octanol–water partition coefficient (Wildman–Crippen LogP) is 3.30. The molecule has 2 aromatic carbocycles. The summed E-state index contributed by atoms with van der Waals surface area (Å²) in [5.41, 5.74) is 4.17. The first kappa shape index (κ1) is 19.3. The maximum atomic E-state index is 12.2. The number of anilines is 1. The zero-order valence-corrected chi connectivity index (χ0v) is 17.0. The van der Waals surface area contributed by atoms with Crippen LogP contribution in [0.1, 0.15) is 11.1 Å². The molecule has 0 aliphatic rings. The molecule has 0 saturated carbocycles. The number of aromatic amines is 1. The molecule has 28 heavy (non-hydrogen) atoms. The van der Waals surface area contributed by atoms with E-state index in [0.717, 1.165) is 5.56 Å². The number of benzene rings is 2. The number of hydrogen-bond donors (Lipinski definition) is 2. The number of nitriles is 1. The van der Waals surface area contributed by atoms with Gasteiger partial charge < -0.3 is 0 Å². The molecule has 0 aliphatic carbocycles. The van der Waals surface area contributed by atoms with Crippen molar-refractivity contribution in [1.29, 1.82) is 5.26 Å². The second kappa shape index (κ2) is 8.02. The first-order chi connectivity index (χ1) is 13.4. The summed E-state index contributed by atoms with van der Waals surface area (Å²) in [6, 6.07) is 19.3. The van der Waals surface area contributed by atoms with E-state index in [9.17, 15) is 10.1 Å². The smallest absolute Gasteiger partial charge is 0.270 e. The van der Waals surface area contributed by atoms with Crippen molar-refractivity contribution >= 4 is 25.4 Å². The summed E-state index contributed by atoms with van der Waals surface area (Å²) >= 11 is 0. The van der Waals surface area contributed by atoms with Gasteiger partial charge in [-0.3, -0.25) is 9.78 Å². The van der Waals surface area contributed by atoms with Crippen molar-refractivity contribution in [2.75, 3.05) is 5.43 Å². The molecule has 1 aromatic heterocycles. The number of nitrogens with one attached hydrogen (secondary N) is 2. The van der Waals surface area contributed by atoms with Crippen molar-refractivity contribution in [3.05, 3.63) is 76.1 Å². The van der Waals surface area contributed by atoms with Crippen molar-refractivity contribution in [3.8, 4) is 17.3 Å². The van der Waals surface area contributed by atoms with Gasteiger partial charge in [0.05, 0.1) is 20.0 Å². The second-order valence-corrected chi connectivity index (χ2v) is 12.4. The van der Waals surface area contributed by atoms with Crippen LogP contribution in [0.5, 0.6) is 0 Å². The van der Waals surface area contributed by atoms with Gasteiger partial charge in [0.15, 0.2) is 0 Å². The Labute approximate surface area is 164 Å². The maximum absolute atomic E-state index is 12.2. The standard InChI is InChI=1S/C21H21N5OSi/c1-28(2,3)17-11-9-15(10-12-17)14-23-26-21-24-19(16-7-5-4-6-8-16)18(13-22)20(27)25-21/h4-12,14H,1-3H3,(H2,24,25,26,27). The lowest BCUT2D eigenvalue weighted by Gasteiger charge is -2.16. The molecule has 6 nitrogen and oxygen atoms in total. The highest BCUT2D eigenvalue weighted by molar-refractivity contribution is 6.88. The lowest BCUT2D eigenvalue weighted by molar-refractivity contribution is 1.08. The van der Waals surface area contributed by atoms with Gasteiger partial charge >= 0.3 is 0 Å². The molecule has 140 valence electrons. The number of rotatable bonds is 5. The highest BCUT2D eigenvalue weighted by atomic mass is 28.3. The first-order valence-electron chi connectivity index (χ1n) is 8.88. The van der Waals surface area contributed by atoms with E-state index in [4.69, 9.17) is 0 Å². The highest BCUT2D eigenvalue weighted by Crippen LogP contribution is 2.19. The van der Waals surface area contributed by atoms with Crippen LogP contribution in [0.15, 0.2) is 64.5 Å². The summed E-state index contributed by atoms with van der Waals surface area (Å²) in [6.07, 6.45) is 1.66. The van der Waals surface area contributed by atoms with Gasteiger partial charge in [0, 0.05) is 5.56 Å². The number of hydrogen-bond acceptors (Lipinski definition) is 5. The molecule has 0 fully saturated rings. The van der Waals surface area contributed by atoms with Crippen LogP contribution in [0.4, 0.5) is 5.95 Å². The van der Waals surface area contributed by atoms with Gasteiger partial charge in [-0.1, -0.05) is 79.4 Å². The van der Waals surface area contributed by atoms with Crippen LogP contribution < -0.4 is 16.2 Å². The average Bonchev–Trinajstić information content (AvgIpc) is 2.68. The number of hydrazone groups is 1. The van der Waals surface area contributed by atoms with Gasteiger partial charge in [0.1, 0.15) is 11.6 Å². The molecule has 0 amide bonds. The van der Waals surface area contributed by atoms with Crippen LogP contribution in [-0.4, -0.2) is 24.3 Å². The van der Waals surface area contributed by atoms with Gasteiger partial charge in [-0.2, -0.15) is 10.4 Å². The molecular formula is C21H21N5OSi. The van der Waals surface area contributed by atoms with E-state index in [0.29, 0.717) is 11.3 Å². The quantitative estimate of drug-likeness (QED) is 0.399. The molecular weight excluding hydrogens is 366 g/mol. The van der Waals surface area contributed by atoms with E-state index in [1.54, 1.807) is 18.3 Å². The molecule has 0 saturated heterocycles. The van der Waals surface area contributed by atoms with E-state index >= 15 is 0 Å². The topological polar surface area (TPSA) is 93.9 Å². The van der Waals surface area contributed by atoms with Gasteiger partial charge in [0.2, 0.25) is 5.95 Å². The second-order valence-electron chi connectivity index (χ2n) is 7.36. The molecule has 1 heterocycles. The lowest BCUT2D eigenvalue weighted by Crippen LogP contribution is -2.37. The summed E-state index contributed by atoms with van der Waals surface area (Å²) in [7, 11) is -1.33. The van der Waals surface area contributed by atoms with Crippen LogP contribution >= 0.6 is 0 Å². The third-order valence-electron chi connectivity index (χ3n) is 4.24.